The van der Waals surface area contributed by atoms with E-state index in [0.29, 0.717) is 21.8 Å². The van der Waals surface area contributed by atoms with Gasteiger partial charge in [0.05, 0.1) is 16.1 Å². The van der Waals surface area contributed by atoms with Crippen molar-refractivity contribution in [1.82, 2.24) is 5.32 Å². The summed E-state index contributed by atoms with van der Waals surface area (Å²) in [6.45, 7) is 3.62. The van der Waals surface area contributed by atoms with Gasteiger partial charge in [-0.05, 0) is 61.4 Å². The molecule has 0 saturated carbocycles. The molecule has 3 aromatic carbocycles. The topological polar surface area (TPSA) is 104 Å². The van der Waals surface area contributed by atoms with Gasteiger partial charge in [-0.1, -0.05) is 47.5 Å². The zero-order valence-corrected chi connectivity index (χ0v) is 20.4. The molecule has 0 unspecified atom stereocenters. The first-order chi connectivity index (χ1) is 16.1. The van der Waals surface area contributed by atoms with Gasteiger partial charge in [-0.2, -0.15) is 0 Å². The molecule has 34 heavy (non-hydrogen) atoms. The Morgan fingerprint density at radius 1 is 1.00 bits per heavy atom. The highest BCUT2D eigenvalue weighted by molar-refractivity contribution is 7.92. The fourth-order valence-electron chi connectivity index (χ4n) is 3.38. The Morgan fingerprint density at radius 3 is 2.35 bits per heavy atom. The van der Waals surface area contributed by atoms with Gasteiger partial charge in [0.2, 0.25) is 5.91 Å². The minimum atomic E-state index is -3.96. The first-order valence-electron chi connectivity index (χ1n) is 10.5. The first-order valence-corrected chi connectivity index (χ1v) is 12.3. The molecule has 0 fully saturated rings. The van der Waals surface area contributed by atoms with Crippen molar-refractivity contribution in [3.05, 3.63) is 94.0 Å². The third-order valence-electron chi connectivity index (χ3n) is 5.32. The molecular weight excluding hydrogens is 476 g/mol. The second-order valence-corrected chi connectivity index (χ2v) is 10.1. The van der Waals surface area contributed by atoms with Gasteiger partial charge in [0.15, 0.2) is 0 Å². The Morgan fingerprint density at radius 2 is 1.68 bits per heavy atom. The summed E-state index contributed by atoms with van der Waals surface area (Å²) in [5.41, 5.74) is 2.66. The molecule has 0 radical (unpaired) electrons. The Hall–Kier alpha value is -3.36. The lowest BCUT2D eigenvalue weighted by atomic mass is 10.1. The van der Waals surface area contributed by atoms with E-state index in [1.165, 1.54) is 28.6 Å². The number of aromatic carboxylic acids is 1. The highest BCUT2D eigenvalue weighted by atomic mass is 35.5. The molecule has 2 N–H and O–H groups in total. The third kappa shape index (κ3) is 5.95. The fourth-order valence-corrected chi connectivity index (χ4v) is 5.07. The molecule has 0 atom stereocenters. The number of carboxylic acid groups (broad SMARTS) is 1. The summed E-state index contributed by atoms with van der Waals surface area (Å²) in [4.78, 5) is 23.8. The summed E-state index contributed by atoms with van der Waals surface area (Å²) in [6.07, 6.45) is -0.102. The van der Waals surface area contributed by atoms with E-state index in [-0.39, 0.29) is 35.9 Å². The van der Waals surface area contributed by atoms with E-state index in [9.17, 15) is 18.0 Å². The number of nitrogens with zero attached hydrogens (tertiary/aromatic N) is 1. The van der Waals surface area contributed by atoms with Crippen LogP contribution in [0, 0.1) is 13.8 Å². The van der Waals surface area contributed by atoms with Crippen molar-refractivity contribution in [2.24, 2.45) is 0 Å². The number of nitrogens with one attached hydrogen (secondary N) is 1. The first kappa shape index (κ1) is 25.3. The second-order valence-electron chi connectivity index (χ2n) is 7.81. The number of anilines is 1. The highest BCUT2D eigenvalue weighted by Crippen LogP contribution is 2.31. The van der Waals surface area contributed by atoms with Crippen molar-refractivity contribution in [3.63, 3.8) is 0 Å². The van der Waals surface area contributed by atoms with Crippen molar-refractivity contribution in [2.75, 3.05) is 10.8 Å². The molecule has 0 saturated heterocycles. The smallest absolute Gasteiger partial charge is 0.335 e. The predicted octanol–water partition coefficient (Wildman–Crippen LogP) is 4.56. The summed E-state index contributed by atoms with van der Waals surface area (Å²) >= 11 is 6.25. The van der Waals surface area contributed by atoms with E-state index in [0.717, 1.165) is 5.56 Å². The van der Waals surface area contributed by atoms with E-state index in [2.05, 4.69) is 5.32 Å². The molecule has 0 bridgehead atoms. The second kappa shape index (κ2) is 10.7. The number of sulfonamides is 1. The summed E-state index contributed by atoms with van der Waals surface area (Å²) in [6, 6.07) is 17.7. The molecule has 3 rings (SSSR count). The lowest BCUT2D eigenvalue weighted by Crippen LogP contribution is -2.35. The zero-order valence-electron chi connectivity index (χ0n) is 18.8. The summed E-state index contributed by atoms with van der Waals surface area (Å²) in [5, 5.41) is 12.2. The number of hydrogen-bond acceptors (Lipinski definition) is 4. The average Bonchev–Trinajstić information content (AvgIpc) is 2.80. The molecule has 0 aliphatic rings. The van der Waals surface area contributed by atoms with E-state index < -0.39 is 16.0 Å². The van der Waals surface area contributed by atoms with Crippen LogP contribution < -0.4 is 9.62 Å². The van der Waals surface area contributed by atoms with Crippen molar-refractivity contribution in [2.45, 2.75) is 31.7 Å². The largest absolute Gasteiger partial charge is 0.478 e. The van der Waals surface area contributed by atoms with Gasteiger partial charge in [0, 0.05) is 24.5 Å². The van der Waals surface area contributed by atoms with Gasteiger partial charge >= 0.3 is 5.97 Å². The minimum absolute atomic E-state index is 0.0988. The number of aryl methyl sites for hydroxylation is 1. The number of carboxylic acids is 1. The molecule has 178 valence electrons. The number of carbonyl (C=O) groups is 2. The maximum Gasteiger partial charge on any atom is 0.335 e. The highest BCUT2D eigenvalue weighted by Gasteiger charge is 2.27. The number of amides is 1. The summed E-state index contributed by atoms with van der Waals surface area (Å²) in [5.74, 6) is -1.42. The van der Waals surface area contributed by atoms with Crippen LogP contribution in [0.1, 0.15) is 33.5 Å². The van der Waals surface area contributed by atoms with Crippen LogP contribution in [-0.4, -0.2) is 31.9 Å². The van der Waals surface area contributed by atoms with Crippen LogP contribution in [0.5, 0.6) is 0 Å². The maximum absolute atomic E-state index is 13.5. The van der Waals surface area contributed by atoms with Crippen LogP contribution in [0.15, 0.2) is 71.6 Å². The Kier molecular flexibility index (Phi) is 7.96. The van der Waals surface area contributed by atoms with Crippen LogP contribution in [0.2, 0.25) is 5.02 Å². The van der Waals surface area contributed by atoms with Crippen LogP contribution in [0.4, 0.5) is 5.69 Å². The molecule has 0 aromatic heterocycles. The Labute approximate surface area is 204 Å². The molecule has 0 spiro atoms. The van der Waals surface area contributed by atoms with Crippen LogP contribution in [0.3, 0.4) is 0 Å². The van der Waals surface area contributed by atoms with Crippen molar-refractivity contribution >= 4 is 39.2 Å². The minimum Gasteiger partial charge on any atom is -0.478 e. The van der Waals surface area contributed by atoms with Crippen LogP contribution in [0.25, 0.3) is 0 Å². The van der Waals surface area contributed by atoms with Crippen molar-refractivity contribution < 1.29 is 23.1 Å². The molecule has 9 heteroatoms. The van der Waals surface area contributed by atoms with Gasteiger partial charge in [-0.25, -0.2) is 13.2 Å². The lowest BCUT2D eigenvalue weighted by molar-refractivity contribution is -0.121. The van der Waals surface area contributed by atoms with Gasteiger partial charge in [0.25, 0.3) is 10.0 Å². The van der Waals surface area contributed by atoms with Gasteiger partial charge < -0.3 is 10.4 Å². The van der Waals surface area contributed by atoms with E-state index >= 15 is 0 Å². The Balaban J connectivity index is 1.80. The summed E-state index contributed by atoms with van der Waals surface area (Å²) in [7, 11) is -3.96. The van der Waals surface area contributed by atoms with Crippen LogP contribution >= 0.6 is 11.6 Å². The van der Waals surface area contributed by atoms with Crippen molar-refractivity contribution in [3.8, 4) is 0 Å². The lowest BCUT2D eigenvalue weighted by Gasteiger charge is -2.26. The van der Waals surface area contributed by atoms with E-state index in [4.69, 9.17) is 16.7 Å². The summed E-state index contributed by atoms with van der Waals surface area (Å²) < 4.78 is 28.2. The SMILES string of the molecule is Cc1ccc(S(=O)(=O)N(CCC(=O)NCc2cccc(C(=O)O)c2)c2cccc(Cl)c2C)cc1. The monoisotopic (exact) mass is 500 g/mol. The standard InChI is InChI=1S/C25H25ClN2O5S/c1-17-9-11-21(12-10-17)34(32,33)28(23-8-4-7-22(26)18(23)2)14-13-24(29)27-16-19-5-3-6-20(15-19)25(30)31/h3-12,15H,13-14,16H2,1-2H3,(H,27,29)(H,30,31). The number of carbonyl (C=O) groups excluding carboxylic acids is 1. The molecule has 1 amide bonds. The van der Waals surface area contributed by atoms with Crippen LogP contribution in [-0.2, 0) is 21.4 Å². The number of hydrogen-bond donors (Lipinski definition) is 2. The predicted molar refractivity (Wildman–Crippen MR) is 132 cm³/mol. The van der Waals surface area contributed by atoms with E-state index in [1.54, 1.807) is 49.4 Å². The number of rotatable bonds is 9. The number of halogens is 1. The molecule has 0 heterocycles. The molecular formula is C25H25ClN2O5S. The molecule has 3 aromatic rings. The normalized spacial score (nSPS) is 11.1. The molecule has 0 aliphatic carbocycles. The molecule has 0 aliphatic heterocycles. The van der Waals surface area contributed by atoms with Gasteiger partial charge in [-0.15, -0.1) is 0 Å². The average molecular weight is 501 g/mol. The zero-order chi connectivity index (χ0) is 24.9. The van der Waals surface area contributed by atoms with Gasteiger partial charge in [0.1, 0.15) is 0 Å². The third-order valence-corrected chi connectivity index (χ3v) is 7.56. The number of benzene rings is 3. The maximum atomic E-state index is 13.5. The fraction of sp³-hybridized carbons (Fsp3) is 0.200. The Bertz CT molecular complexity index is 1310. The van der Waals surface area contributed by atoms with Gasteiger partial charge in [-0.3, -0.25) is 9.10 Å². The molecule has 7 nitrogen and oxygen atoms in total. The van der Waals surface area contributed by atoms with Crippen molar-refractivity contribution in [1.29, 1.82) is 0 Å². The van der Waals surface area contributed by atoms with E-state index in [1.807, 2.05) is 6.92 Å². The quantitative estimate of drug-likeness (QED) is 0.448.